The van der Waals surface area contributed by atoms with Gasteiger partial charge < -0.3 is 29.6 Å². The Morgan fingerprint density at radius 3 is 1.50 bits per heavy atom. The van der Waals surface area contributed by atoms with Crippen LogP contribution in [0.15, 0.2) is 0 Å². The molecule has 240 valence electrons. The van der Waals surface area contributed by atoms with E-state index in [0.29, 0.717) is 25.7 Å². The van der Waals surface area contributed by atoms with Crippen molar-refractivity contribution in [2.24, 2.45) is 11.8 Å². The van der Waals surface area contributed by atoms with Crippen LogP contribution < -0.4 is 51.4 Å². The molecular formula is C27H42F4KO10-. The van der Waals surface area contributed by atoms with E-state index in [9.17, 15) is 41.5 Å². The molecule has 2 aliphatic carbocycles. The summed E-state index contributed by atoms with van der Waals surface area (Å²) in [6.07, 6.45) is 4.51. The molecule has 0 aromatic heterocycles. The van der Waals surface area contributed by atoms with Gasteiger partial charge in [-0.2, -0.15) is 0 Å². The third-order valence-electron chi connectivity index (χ3n) is 6.49. The van der Waals surface area contributed by atoms with Crippen molar-refractivity contribution < 1.29 is 118 Å². The predicted octanol–water partition coefficient (Wildman–Crippen LogP) is 1.90. The van der Waals surface area contributed by atoms with E-state index in [2.05, 4.69) is 9.47 Å². The van der Waals surface area contributed by atoms with Gasteiger partial charge in [0, 0.05) is 51.7 Å². The second-order valence-corrected chi connectivity index (χ2v) is 9.91. The van der Waals surface area contributed by atoms with Gasteiger partial charge in [0.2, 0.25) is 11.8 Å². The molecule has 0 aromatic rings. The zero-order chi connectivity index (χ0) is 30.6. The number of carboxylic acid groups (broad SMARTS) is 1. The molecule has 1 heterocycles. The summed E-state index contributed by atoms with van der Waals surface area (Å²) in [4.78, 5) is 51.7. The molecule has 0 amide bonds. The van der Waals surface area contributed by atoms with Crippen LogP contribution in [0, 0.1) is 11.8 Å². The minimum Gasteiger partial charge on any atom is -0.870 e. The SMILES string of the molecule is C1CCOC1.COC(=O)CC(=O)CC1CCC(F)(F)CC1.COC(=O)C[C-]=O.O=C(O)CC1CCC(F)(F)CC1.[K+].[OH-]. The zero-order valence-corrected chi connectivity index (χ0v) is 27.8. The first-order valence-electron chi connectivity index (χ1n) is 13.3. The van der Waals surface area contributed by atoms with Gasteiger partial charge in [-0.25, -0.2) is 17.6 Å². The average molecular weight is 642 g/mol. The first-order chi connectivity index (χ1) is 18.7. The number of Topliss-reactive ketones (excluding diaryl/α,β-unsaturated/α-hetero) is 1. The molecule has 2 saturated carbocycles. The number of halogens is 4. The van der Waals surface area contributed by atoms with E-state index in [1.807, 2.05) is 0 Å². The molecule has 3 rings (SSSR count). The molecule has 0 spiro atoms. The molecule has 3 aliphatic rings. The first-order valence-corrected chi connectivity index (χ1v) is 13.3. The van der Waals surface area contributed by atoms with Gasteiger partial charge in [-0.1, -0.05) is 6.42 Å². The average Bonchev–Trinajstić information content (AvgIpc) is 3.48. The molecule has 0 radical (unpaired) electrons. The molecule has 1 aliphatic heterocycles. The maximum Gasteiger partial charge on any atom is 1.00 e. The number of ether oxygens (including phenoxy) is 3. The predicted molar refractivity (Wildman–Crippen MR) is 137 cm³/mol. The normalized spacial score (nSPS) is 18.7. The second kappa shape index (κ2) is 25.4. The summed E-state index contributed by atoms with van der Waals surface area (Å²) in [6.45, 7) is 2.00. The van der Waals surface area contributed by atoms with Gasteiger partial charge in [0.15, 0.2) is 0 Å². The van der Waals surface area contributed by atoms with Gasteiger partial charge in [-0.05, 0) is 50.4 Å². The van der Waals surface area contributed by atoms with Crippen LogP contribution in [0.4, 0.5) is 17.6 Å². The topological polar surface area (TPSA) is 163 Å². The molecule has 0 atom stereocenters. The summed E-state index contributed by atoms with van der Waals surface area (Å²) >= 11 is 0. The number of carboxylic acids is 1. The van der Waals surface area contributed by atoms with Crippen molar-refractivity contribution in [3.8, 4) is 0 Å². The van der Waals surface area contributed by atoms with Crippen LogP contribution >= 0.6 is 0 Å². The third kappa shape index (κ3) is 25.5. The summed E-state index contributed by atoms with van der Waals surface area (Å²) in [5, 5.41) is 8.41. The molecular weight excluding hydrogens is 599 g/mol. The number of hydrogen-bond donors (Lipinski definition) is 1. The number of aliphatic carboxylic acids is 1. The van der Waals surface area contributed by atoms with Crippen molar-refractivity contribution in [3.63, 3.8) is 0 Å². The van der Waals surface area contributed by atoms with Gasteiger partial charge in [0.25, 0.3) is 5.97 Å². The standard InChI is InChI=1S/C11H16F2O3.C8H12F2O2.C4H5O3.C4H8O.K.H2O/c1-16-10(15)7-9(14)6-8-2-4-11(12,13)5-3-8;9-8(10)3-1-6(2-4-8)5-7(11)12;1-7-4(6)2-3-5;1-2-4-5-3-1;;/h8H,2-7H2,1H3;6H,1-5H2,(H,11,12);2H2,1H3;1-4H2;;1H2/q;;-1;;+1;/p-1. The summed E-state index contributed by atoms with van der Waals surface area (Å²) in [7, 11) is 2.44. The van der Waals surface area contributed by atoms with Gasteiger partial charge >= 0.3 is 63.3 Å². The molecule has 3 fully saturated rings. The van der Waals surface area contributed by atoms with Crippen LogP contribution in [-0.4, -0.2) is 79.8 Å². The Bertz CT molecular complexity index is 767. The van der Waals surface area contributed by atoms with E-state index < -0.39 is 29.8 Å². The van der Waals surface area contributed by atoms with Gasteiger partial charge in [-0.15, -0.1) is 0 Å². The maximum absolute atomic E-state index is 12.8. The molecule has 0 aromatic carbocycles. The van der Waals surface area contributed by atoms with E-state index in [4.69, 9.17) is 9.84 Å². The Hall–Kier alpha value is -0.974. The minimum atomic E-state index is -2.57. The van der Waals surface area contributed by atoms with Gasteiger partial charge in [-0.3, -0.25) is 25.5 Å². The van der Waals surface area contributed by atoms with E-state index in [-0.39, 0.29) is 126 Å². The second-order valence-electron chi connectivity index (χ2n) is 9.91. The van der Waals surface area contributed by atoms with Crippen LogP contribution in [0.2, 0.25) is 0 Å². The molecule has 10 nitrogen and oxygen atoms in total. The van der Waals surface area contributed by atoms with Crippen LogP contribution in [0.25, 0.3) is 0 Å². The molecule has 1 saturated heterocycles. The number of carbonyl (C=O) groups excluding carboxylic acids is 4. The number of rotatable bonds is 8. The first kappa shape index (κ1) is 45.5. The van der Waals surface area contributed by atoms with Crippen molar-refractivity contribution in [1.82, 2.24) is 0 Å². The number of ketones is 1. The Morgan fingerprint density at radius 1 is 0.810 bits per heavy atom. The fraction of sp³-hybridized carbons (Fsp3) is 0.815. The van der Waals surface area contributed by atoms with Crippen LogP contribution in [-0.2, 0) is 38.2 Å². The zero-order valence-electron chi connectivity index (χ0n) is 24.6. The van der Waals surface area contributed by atoms with E-state index in [1.165, 1.54) is 33.3 Å². The summed E-state index contributed by atoms with van der Waals surface area (Å²) in [6, 6.07) is 0. The quantitative estimate of drug-likeness (QED) is 0.136. The van der Waals surface area contributed by atoms with E-state index >= 15 is 0 Å². The molecule has 0 bridgehead atoms. The number of hydrogen-bond acceptors (Lipinski definition) is 9. The van der Waals surface area contributed by atoms with Crippen molar-refractivity contribution in [1.29, 1.82) is 0 Å². The van der Waals surface area contributed by atoms with Crippen molar-refractivity contribution in [3.05, 3.63) is 0 Å². The summed E-state index contributed by atoms with van der Waals surface area (Å²) in [5.41, 5.74) is 0. The summed E-state index contributed by atoms with van der Waals surface area (Å²) in [5.74, 6) is -7.37. The van der Waals surface area contributed by atoms with Crippen LogP contribution in [0.1, 0.15) is 89.9 Å². The van der Waals surface area contributed by atoms with Crippen LogP contribution in [0.3, 0.4) is 0 Å². The molecule has 0 unspecified atom stereocenters. The van der Waals surface area contributed by atoms with Gasteiger partial charge in [0.05, 0.1) is 14.2 Å². The van der Waals surface area contributed by atoms with Gasteiger partial charge in [0.1, 0.15) is 12.2 Å². The molecule has 42 heavy (non-hydrogen) atoms. The van der Waals surface area contributed by atoms with Crippen molar-refractivity contribution >= 4 is 30.0 Å². The maximum atomic E-state index is 12.8. The Balaban J connectivity index is -0.000000516. The van der Waals surface area contributed by atoms with E-state index in [0.717, 1.165) is 13.2 Å². The molecule has 15 heteroatoms. The Labute approximate surface area is 286 Å². The number of alkyl halides is 4. The van der Waals surface area contributed by atoms with Crippen molar-refractivity contribution in [2.75, 3.05) is 27.4 Å². The number of carbonyl (C=O) groups is 4. The molecule has 2 N–H and O–H groups in total. The minimum absolute atomic E-state index is 0. The van der Waals surface area contributed by atoms with Crippen molar-refractivity contribution in [2.45, 2.75) is 102 Å². The number of esters is 2. The fourth-order valence-electron chi connectivity index (χ4n) is 4.12. The Morgan fingerprint density at radius 2 is 1.21 bits per heavy atom. The smallest absolute Gasteiger partial charge is 0.870 e. The monoisotopic (exact) mass is 641 g/mol. The number of methoxy groups -OCH3 is 2. The third-order valence-corrected chi connectivity index (χ3v) is 6.49. The van der Waals surface area contributed by atoms with E-state index in [1.54, 1.807) is 0 Å². The Kier molecular flexibility index (Phi) is 27.4. The largest absolute Gasteiger partial charge is 1.00 e. The fourth-order valence-corrected chi connectivity index (χ4v) is 4.12. The summed E-state index contributed by atoms with van der Waals surface area (Å²) < 4.78 is 64.2. The van der Waals surface area contributed by atoms with Crippen LogP contribution in [0.5, 0.6) is 0 Å².